The van der Waals surface area contributed by atoms with Crippen LogP contribution in [0, 0.1) is 12.8 Å². The van der Waals surface area contributed by atoms with Gasteiger partial charge in [0, 0.05) is 5.69 Å². The minimum Gasteiger partial charge on any atom is -0.344 e. The number of rotatable bonds is 8. The molecule has 156 valence electrons. The van der Waals surface area contributed by atoms with Crippen LogP contribution in [0.1, 0.15) is 25.0 Å². The first kappa shape index (κ1) is 22.6. The van der Waals surface area contributed by atoms with Crippen molar-refractivity contribution in [1.82, 2.24) is 10.0 Å². The SMILES string of the molecule is CNS(=O)(=O)c1cc(NC(=O)[C@@H](NC(=O)Cc2ccccc2)C(C)C)ccc1C. The minimum absolute atomic E-state index is 0.0898. The standard InChI is InChI=1S/C21H27N3O4S/c1-14(2)20(24-19(25)12-16-8-6-5-7-9-16)21(26)23-17-11-10-15(3)18(13-17)29(27,28)22-4/h5-11,13-14,20,22H,12H2,1-4H3,(H,23,26)(H,24,25)/t20-/m0/s1. The van der Waals surface area contributed by atoms with E-state index in [2.05, 4.69) is 15.4 Å². The predicted octanol–water partition coefficient (Wildman–Crippen LogP) is 2.23. The lowest BCUT2D eigenvalue weighted by Crippen LogP contribution is -2.47. The highest BCUT2D eigenvalue weighted by Gasteiger charge is 2.25. The fraction of sp³-hybridized carbons (Fsp3) is 0.333. The van der Waals surface area contributed by atoms with Crippen LogP contribution < -0.4 is 15.4 Å². The van der Waals surface area contributed by atoms with Crippen molar-refractivity contribution in [3.63, 3.8) is 0 Å². The smallest absolute Gasteiger partial charge is 0.247 e. The van der Waals surface area contributed by atoms with E-state index in [0.717, 1.165) is 5.56 Å². The predicted molar refractivity (Wildman–Crippen MR) is 113 cm³/mol. The summed E-state index contributed by atoms with van der Waals surface area (Å²) in [6.07, 6.45) is 0.173. The molecule has 0 aromatic heterocycles. The van der Waals surface area contributed by atoms with Crippen LogP contribution in [0.15, 0.2) is 53.4 Å². The molecule has 0 radical (unpaired) electrons. The van der Waals surface area contributed by atoms with Crippen LogP contribution in [0.3, 0.4) is 0 Å². The topological polar surface area (TPSA) is 104 Å². The Bertz CT molecular complexity index is 973. The normalized spacial score (nSPS) is 12.4. The van der Waals surface area contributed by atoms with E-state index in [9.17, 15) is 18.0 Å². The molecule has 0 aliphatic rings. The maximum absolute atomic E-state index is 12.8. The molecule has 0 saturated carbocycles. The van der Waals surface area contributed by atoms with Crippen molar-refractivity contribution in [2.75, 3.05) is 12.4 Å². The molecule has 0 heterocycles. The van der Waals surface area contributed by atoms with E-state index in [-0.39, 0.29) is 23.1 Å². The van der Waals surface area contributed by atoms with E-state index in [4.69, 9.17) is 0 Å². The number of hydrogen-bond donors (Lipinski definition) is 3. The van der Waals surface area contributed by atoms with E-state index in [1.54, 1.807) is 19.1 Å². The zero-order valence-corrected chi connectivity index (χ0v) is 17.8. The van der Waals surface area contributed by atoms with Crippen LogP contribution in [0.5, 0.6) is 0 Å². The first-order valence-corrected chi connectivity index (χ1v) is 10.8. The molecule has 0 spiro atoms. The number of aryl methyl sites for hydroxylation is 1. The van der Waals surface area contributed by atoms with Crippen LogP contribution >= 0.6 is 0 Å². The minimum atomic E-state index is -3.65. The molecule has 0 bridgehead atoms. The lowest BCUT2D eigenvalue weighted by Gasteiger charge is -2.22. The third-order valence-corrected chi connectivity index (χ3v) is 6.04. The molecule has 7 nitrogen and oxygen atoms in total. The largest absolute Gasteiger partial charge is 0.344 e. The number of benzene rings is 2. The van der Waals surface area contributed by atoms with Crippen molar-refractivity contribution in [3.05, 3.63) is 59.7 Å². The van der Waals surface area contributed by atoms with Gasteiger partial charge < -0.3 is 10.6 Å². The van der Waals surface area contributed by atoms with Gasteiger partial charge in [0.15, 0.2) is 0 Å². The summed E-state index contributed by atoms with van der Waals surface area (Å²) in [5.41, 5.74) is 1.76. The van der Waals surface area contributed by atoms with Gasteiger partial charge in [-0.25, -0.2) is 13.1 Å². The zero-order valence-electron chi connectivity index (χ0n) is 17.0. The van der Waals surface area contributed by atoms with Gasteiger partial charge in [0.1, 0.15) is 6.04 Å². The summed E-state index contributed by atoms with van der Waals surface area (Å²) >= 11 is 0. The Morgan fingerprint density at radius 3 is 2.28 bits per heavy atom. The van der Waals surface area contributed by atoms with Crippen molar-refractivity contribution < 1.29 is 18.0 Å². The van der Waals surface area contributed by atoms with Crippen molar-refractivity contribution in [1.29, 1.82) is 0 Å². The van der Waals surface area contributed by atoms with Crippen molar-refractivity contribution in [3.8, 4) is 0 Å². The van der Waals surface area contributed by atoms with Crippen molar-refractivity contribution in [2.45, 2.75) is 38.1 Å². The van der Waals surface area contributed by atoms with Crippen LogP contribution in [-0.2, 0) is 26.0 Å². The molecule has 0 aliphatic heterocycles. The van der Waals surface area contributed by atoms with E-state index < -0.39 is 22.0 Å². The number of carbonyl (C=O) groups excluding carboxylic acids is 2. The molecule has 1 atom stereocenters. The van der Waals surface area contributed by atoms with Crippen molar-refractivity contribution >= 4 is 27.5 Å². The van der Waals surface area contributed by atoms with Gasteiger partial charge >= 0.3 is 0 Å². The monoisotopic (exact) mass is 417 g/mol. The van der Waals surface area contributed by atoms with E-state index >= 15 is 0 Å². The van der Waals surface area contributed by atoms with Gasteiger partial charge in [-0.05, 0) is 43.1 Å². The van der Waals surface area contributed by atoms with Gasteiger partial charge in [0.2, 0.25) is 21.8 Å². The van der Waals surface area contributed by atoms with E-state index in [1.807, 2.05) is 44.2 Å². The molecule has 0 unspecified atom stereocenters. The second-order valence-electron chi connectivity index (χ2n) is 7.13. The molecule has 8 heteroatoms. The first-order chi connectivity index (χ1) is 13.6. The molecule has 0 aliphatic carbocycles. The maximum Gasteiger partial charge on any atom is 0.247 e. The first-order valence-electron chi connectivity index (χ1n) is 9.32. The van der Waals surface area contributed by atoms with Crippen LogP contribution in [0.25, 0.3) is 0 Å². The molecule has 0 fully saturated rings. The number of hydrogen-bond acceptors (Lipinski definition) is 4. The average Bonchev–Trinajstić information content (AvgIpc) is 2.68. The summed E-state index contributed by atoms with van der Waals surface area (Å²) in [5.74, 6) is -0.814. The molecule has 3 N–H and O–H groups in total. The summed E-state index contributed by atoms with van der Waals surface area (Å²) < 4.78 is 26.6. The summed E-state index contributed by atoms with van der Waals surface area (Å²) in [6.45, 7) is 5.34. The molecular formula is C21H27N3O4S. The summed E-state index contributed by atoms with van der Waals surface area (Å²) in [4.78, 5) is 25.2. The Morgan fingerprint density at radius 2 is 1.69 bits per heavy atom. The lowest BCUT2D eigenvalue weighted by molar-refractivity contribution is -0.127. The average molecular weight is 418 g/mol. The third-order valence-electron chi connectivity index (χ3n) is 4.49. The highest BCUT2D eigenvalue weighted by Crippen LogP contribution is 2.20. The van der Waals surface area contributed by atoms with Crippen LogP contribution in [0.2, 0.25) is 0 Å². The molecule has 2 aromatic rings. The molecule has 2 amide bonds. The maximum atomic E-state index is 12.8. The third kappa shape index (κ3) is 6.13. The van der Waals surface area contributed by atoms with Gasteiger partial charge in [-0.3, -0.25) is 9.59 Å². The number of amides is 2. The fourth-order valence-electron chi connectivity index (χ4n) is 2.84. The molecule has 29 heavy (non-hydrogen) atoms. The van der Waals surface area contributed by atoms with Gasteiger partial charge in [0.05, 0.1) is 11.3 Å². The van der Waals surface area contributed by atoms with Crippen LogP contribution in [-0.4, -0.2) is 33.3 Å². The molecule has 0 saturated heterocycles. The van der Waals surface area contributed by atoms with Gasteiger partial charge in [-0.1, -0.05) is 50.2 Å². The van der Waals surface area contributed by atoms with E-state index in [0.29, 0.717) is 11.3 Å². The van der Waals surface area contributed by atoms with E-state index in [1.165, 1.54) is 13.1 Å². The Balaban J connectivity index is 2.14. The second kappa shape index (κ2) is 9.67. The lowest BCUT2D eigenvalue weighted by atomic mass is 10.0. The Hall–Kier alpha value is -2.71. The Labute approximate surface area is 172 Å². The number of nitrogens with one attached hydrogen (secondary N) is 3. The van der Waals surface area contributed by atoms with Gasteiger partial charge in [0.25, 0.3) is 0 Å². The summed E-state index contributed by atoms with van der Waals surface area (Å²) in [5, 5.41) is 5.48. The number of carbonyl (C=O) groups is 2. The second-order valence-corrected chi connectivity index (χ2v) is 8.98. The highest BCUT2D eigenvalue weighted by atomic mass is 32.2. The number of anilines is 1. The zero-order chi connectivity index (χ0) is 21.6. The Kier molecular flexibility index (Phi) is 7.53. The quantitative estimate of drug-likeness (QED) is 0.613. The fourth-order valence-corrected chi connectivity index (χ4v) is 3.83. The molecule has 2 rings (SSSR count). The Morgan fingerprint density at radius 1 is 1.03 bits per heavy atom. The summed E-state index contributed by atoms with van der Waals surface area (Å²) in [7, 11) is -2.32. The van der Waals surface area contributed by atoms with Gasteiger partial charge in [-0.2, -0.15) is 0 Å². The number of sulfonamides is 1. The van der Waals surface area contributed by atoms with Crippen LogP contribution in [0.4, 0.5) is 5.69 Å². The highest BCUT2D eigenvalue weighted by molar-refractivity contribution is 7.89. The molecule has 2 aromatic carbocycles. The van der Waals surface area contributed by atoms with Gasteiger partial charge in [-0.15, -0.1) is 0 Å². The summed E-state index contributed by atoms with van der Waals surface area (Å²) in [6, 6.07) is 13.2. The van der Waals surface area contributed by atoms with Crippen molar-refractivity contribution in [2.24, 2.45) is 5.92 Å². The molecular weight excluding hydrogens is 390 g/mol.